The monoisotopic (exact) mass is 287 g/mol. The van der Waals surface area contributed by atoms with E-state index in [2.05, 4.69) is 35.3 Å². The summed E-state index contributed by atoms with van der Waals surface area (Å²) in [6.45, 7) is 5.07. The minimum Gasteiger partial charge on any atom is -0.469 e. The lowest BCUT2D eigenvalue weighted by atomic mass is 10.0. The van der Waals surface area contributed by atoms with Crippen LogP contribution in [0.3, 0.4) is 0 Å². The molecule has 0 saturated heterocycles. The van der Waals surface area contributed by atoms with Gasteiger partial charge in [-0.2, -0.15) is 5.10 Å². The largest absolute Gasteiger partial charge is 0.469 e. The van der Waals surface area contributed by atoms with Crippen molar-refractivity contribution in [3.63, 3.8) is 0 Å². The van der Waals surface area contributed by atoms with Crippen molar-refractivity contribution >= 4 is 0 Å². The van der Waals surface area contributed by atoms with E-state index in [1.165, 1.54) is 31.2 Å². The molecular formula is C17H25N3O. The van der Waals surface area contributed by atoms with Gasteiger partial charge in [-0.15, -0.1) is 0 Å². The summed E-state index contributed by atoms with van der Waals surface area (Å²) in [7, 11) is 0. The third kappa shape index (κ3) is 3.38. The Balaban J connectivity index is 1.70. The van der Waals surface area contributed by atoms with Gasteiger partial charge < -0.3 is 9.73 Å². The Kier molecular flexibility index (Phi) is 4.44. The standard InChI is InChI=1S/C17H25N3O/c1-3-18-17(14-10-13(2)21-12-14)11-15-8-9-20(19-15)16-6-4-5-7-16/h8-10,12,16-18H,3-7,11H2,1-2H3. The SMILES string of the molecule is CCNC(Cc1ccn(C2CCCC2)n1)c1coc(C)c1. The number of hydrogen-bond donors (Lipinski definition) is 1. The molecule has 0 aliphatic heterocycles. The molecule has 2 heterocycles. The van der Waals surface area contributed by atoms with Crippen LogP contribution in [0.4, 0.5) is 0 Å². The van der Waals surface area contributed by atoms with Crippen LogP contribution in [0.2, 0.25) is 0 Å². The van der Waals surface area contributed by atoms with Gasteiger partial charge in [-0.3, -0.25) is 4.68 Å². The fourth-order valence-corrected chi connectivity index (χ4v) is 3.27. The fourth-order valence-electron chi connectivity index (χ4n) is 3.27. The van der Waals surface area contributed by atoms with Crippen LogP contribution in [0.25, 0.3) is 0 Å². The van der Waals surface area contributed by atoms with Gasteiger partial charge in [0.1, 0.15) is 5.76 Å². The van der Waals surface area contributed by atoms with Crippen molar-refractivity contribution < 1.29 is 4.42 Å². The Bertz CT molecular complexity index is 566. The molecule has 1 aliphatic carbocycles. The number of aryl methyl sites for hydroxylation is 1. The Morgan fingerprint density at radius 3 is 2.90 bits per heavy atom. The number of rotatable bonds is 6. The zero-order chi connectivity index (χ0) is 14.7. The molecule has 0 spiro atoms. The molecule has 21 heavy (non-hydrogen) atoms. The Morgan fingerprint density at radius 1 is 1.43 bits per heavy atom. The predicted molar refractivity (Wildman–Crippen MR) is 83.3 cm³/mol. The highest BCUT2D eigenvalue weighted by Gasteiger charge is 2.19. The van der Waals surface area contributed by atoms with Gasteiger partial charge in [0.25, 0.3) is 0 Å². The summed E-state index contributed by atoms with van der Waals surface area (Å²) >= 11 is 0. The molecule has 1 atom stereocenters. The van der Waals surface area contributed by atoms with Crippen molar-refractivity contribution in [2.75, 3.05) is 6.54 Å². The average molecular weight is 287 g/mol. The lowest BCUT2D eigenvalue weighted by molar-refractivity contribution is 0.456. The van der Waals surface area contributed by atoms with Gasteiger partial charge in [0.2, 0.25) is 0 Å². The minimum atomic E-state index is 0.277. The second-order valence-corrected chi connectivity index (χ2v) is 6.03. The maximum absolute atomic E-state index is 5.45. The maximum Gasteiger partial charge on any atom is 0.101 e. The Labute approximate surface area is 126 Å². The van der Waals surface area contributed by atoms with Crippen molar-refractivity contribution in [3.05, 3.63) is 41.6 Å². The van der Waals surface area contributed by atoms with Gasteiger partial charge in [0, 0.05) is 24.2 Å². The molecule has 0 aromatic carbocycles. The molecule has 0 bridgehead atoms. The molecule has 114 valence electrons. The summed E-state index contributed by atoms with van der Waals surface area (Å²) in [4.78, 5) is 0. The Morgan fingerprint density at radius 2 is 2.24 bits per heavy atom. The molecule has 1 aliphatic rings. The molecule has 1 N–H and O–H groups in total. The van der Waals surface area contributed by atoms with Gasteiger partial charge in [0.15, 0.2) is 0 Å². The molecular weight excluding hydrogens is 262 g/mol. The van der Waals surface area contributed by atoms with Crippen LogP contribution in [-0.2, 0) is 6.42 Å². The average Bonchev–Trinajstić information content (AvgIpc) is 3.18. The first kappa shape index (κ1) is 14.4. The molecule has 4 heteroatoms. The second kappa shape index (κ2) is 6.48. The highest BCUT2D eigenvalue weighted by atomic mass is 16.3. The first-order chi connectivity index (χ1) is 10.3. The summed E-state index contributed by atoms with van der Waals surface area (Å²) in [5, 5.41) is 8.32. The lowest BCUT2D eigenvalue weighted by Crippen LogP contribution is -2.22. The fraction of sp³-hybridized carbons (Fsp3) is 0.588. The van der Waals surface area contributed by atoms with E-state index < -0.39 is 0 Å². The quantitative estimate of drug-likeness (QED) is 0.879. The molecule has 4 nitrogen and oxygen atoms in total. The molecule has 1 fully saturated rings. The topological polar surface area (TPSA) is 43.0 Å². The van der Waals surface area contributed by atoms with E-state index in [4.69, 9.17) is 9.52 Å². The van der Waals surface area contributed by atoms with Crippen molar-refractivity contribution in [3.8, 4) is 0 Å². The van der Waals surface area contributed by atoms with Crippen LogP contribution in [0.1, 0.15) is 61.7 Å². The van der Waals surface area contributed by atoms with E-state index in [1.54, 1.807) is 0 Å². The van der Waals surface area contributed by atoms with Crippen LogP contribution in [-0.4, -0.2) is 16.3 Å². The first-order valence-electron chi connectivity index (χ1n) is 8.08. The van der Waals surface area contributed by atoms with Crippen LogP contribution in [0.15, 0.2) is 29.0 Å². The summed E-state index contributed by atoms with van der Waals surface area (Å²) in [6.07, 6.45) is 10.2. The van der Waals surface area contributed by atoms with E-state index in [0.717, 1.165) is 24.4 Å². The van der Waals surface area contributed by atoms with Crippen molar-refractivity contribution in [2.24, 2.45) is 0 Å². The number of furan rings is 1. The van der Waals surface area contributed by atoms with Crippen molar-refractivity contribution in [1.82, 2.24) is 15.1 Å². The van der Waals surface area contributed by atoms with Gasteiger partial charge in [-0.1, -0.05) is 19.8 Å². The van der Waals surface area contributed by atoms with Crippen LogP contribution >= 0.6 is 0 Å². The molecule has 1 saturated carbocycles. The highest BCUT2D eigenvalue weighted by Crippen LogP contribution is 2.29. The normalized spacial score (nSPS) is 17.4. The smallest absolute Gasteiger partial charge is 0.101 e. The number of aromatic nitrogens is 2. The maximum atomic E-state index is 5.45. The number of nitrogens with zero attached hydrogens (tertiary/aromatic N) is 2. The van der Waals surface area contributed by atoms with Gasteiger partial charge >= 0.3 is 0 Å². The van der Waals surface area contributed by atoms with Crippen molar-refractivity contribution in [1.29, 1.82) is 0 Å². The molecule has 0 amide bonds. The lowest BCUT2D eigenvalue weighted by Gasteiger charge is -2.15. The number of nitrogens with one attached hydrogen (secondary N) is 1. The molecule has 0 radical (unpaired) electrons. The Hall–Kier alpha value is -1.55. The third-order valence-corrected chi connectivity index (χ3v) is 4.38. The van der Waals surface area contributed by atoms with Crippen LogP contribution in [0, 0.1) is 6.92 Å². The summed E-state index contributed by atoms with van der Waals surface area (Å²) in [5.74, 6) is 0.962. The van der Waals surface area contributed by atoms with Gasteiger partial charge in [0.05, 0.1) is 18.0 Å². The van der Waals surface area contributed by atoms with Gasteiger partial charge in [-0.25, -0.2) is 0 Å². The highest BCUT2D eigenvalue weighted by molar-refractivity contribution is 5.19. The first-order valence-corrected chi connectivity index (χ1v) is 8.08. The zero-order valence-corrected chi connectivity index (χ0v) is 13.0. The third-order valence-electron chi connectivity index (χ3n) is 4.38. The second-order valence-electron chi connectivity index (χ2n) is 6.03. The zero-order valence-electron chi connectivity index (χ0n) is 13.0. The molecule has 1 unspecified atom stereocenters. The van der Waals surface area contributed by atoms with E-state index in [-0.39, 0.29) is 6.04 Å². The molecule has 2 aromatic heterocycles. The number of hydrogen-bond acceptors (Lipinski definition) is 3. The summed E-state index contributed by atoms with van der Waals surface area (Å²) in [5.41, 5.74) is 2.37. The minimum absolute atomic E-state index is 0.277. The van der Waals surface area contributed by atoms with E-state index in [0.29, 0.717) is 6.04 Å². The predicted octanol–water partition coefficient (Wildman–Crippen LogP) is 3.79. The van der Waals surface area contributed by atoms with E-state index in [9.17, 15) is 0 Å². The summed E-state index contributed by atoms with van der Waals surface area (Å²) in [6, 6.07) is 5.17. The van der Waals surface area contributed by atoms with Crippen LogP contribution < -0.4 is 5.32 Å². The van der Waals surface area contributed by atoms with E-state index >= 15 is 0 Å². The van der Waals surface area contributed by atoms with E-state index in [1.807, 2.05) is 13.2 Å². The molecule has 3 rings (SSSR count). The van der Waals surface area contributed by atoms with Crippen LogP contribution in [0.5, 0.6) is 0 Å². The van der Waals surface area contributed by atoms with Crippen molar-refractivity contribution in [2.45, 2.75) is 58.0 Å². The number of likely N-dealkylation sites (N-methyl/N-ethyl adjacent to an activating group) is 1. The summed E-state index contributed by atoms with van der Waals surface area (Å²) < 4.78 is 7.62. The molecule has 2 aromatic rings. The van der Waals surface area contributed by atoms with Gasteiger partial charge in [-0.05, 0) is 38.4 Å².